The fourth-order valence-electron chi connectivity index (χ4n) is 6.51. The molecule has 1 aromatic carbocycles. The van der Waals surface area contributed by atoms with E-state index in [9.17, 15) is 14.7 Å². The van der Waals surface area contributed by atoms with Crippen molar-refractivity contribution in [1.82, 2.24) is 15.2 Å². The SMILES string of the molecule is CCN(CC(O)CNC(=O)c1c(C)[nH]c2c1CCC/C2=C1/C(=O)Nc2ccc(C)cc21)C1CCCCC1. The Morgan fingerprint density at radius 1 is 1.16 bits per heavy atom. The third-order valence-electron chi connectivity index (χ3n) is 8.34. The van der Waals surface area contributed by atoms with E-state index in [1.54, 1.807) is 0 Å². The van der Waals surface area contributed by atoms with Gasteiger partial charge < -0.3 is 20.7 Å². The molecule has 0 saturated heterocycles. The maximum atomic E-state index is 13.3. The van der Waals surface area contributed by atoms with E-state index in [2.05, 4.69) is 33.5 Å². The first-order chi connectivity index (χ1) is 17.9. The summed E-state index contributed by atoms with van der Waals surface area (Å²) in [6.45, 7) is 7.81. The lowest BCUT2D eigenvalue weighted by Gasteiger charge is -2.34. The number of nitrogens with zero attached hydrogens (tertiary/aromatic N) is 1. The Morgan fingerprint density at radius 3 is 2.70 bits per heavy atom. The van der Waals surface area contributed by atoms with Crippen LogP contribution in [-0.2, 0) is 11.2 Å². The number of aliphatic hydroxyl groups is 1. The highest BCUT2D eigenvalue weighted by atomic mass is 16.3. The van der Waals surface area contributed by atoms with Gasteiger partial charge in [0.05, 0.1) is 17.2 Å². The average molecular weight is 505 g/mol. The lowest BCUT2D eigenvalue weighted by atomic mass is 9.85. The molecule has 1 aromatic heterocycles. The second-order valence-electron chi connectivity index (χ2n) is 10.9. The van der Waals surface area contributed by atoms with Crippen molar-refractivity contribution in [3.05, 3.63) is 51.8 Å². The molecule has 1 saturated carbocycles. The van der Waals surface area contributed by atoms with Crippen molar-refractivity contribution < 1.29 is 14.7 Å². The molecule has 7 heteroatoms. The van der Waals surface area contributed by atoms with Gasteiger partial charge in [-0.25, -0.2) is 0 Å². The fourth-order valence-corrected chi connectivity index (χ4v) is 6.51. The van der Waals surface area contributed by atoms with Crippen LogP contribution in [0.3, 0.4) is 0 Å². The summed E-state index contributed by atoms with van der Waals surface area (Å²) in [5.74, 6) is -0.239. The Labute approximate surface area is 219 Å². The van der Waals surface area contributed by atoms with Crippen LogP contribution in [0, 0.1) is 13.8 Å². The van der Waals surface area contributed by atoms with Gasteiger partial charge in [0.2, 0.25) is 0 Å². The molecule has 0 radical (unpaired) electrons. The molecule has 37 heavy (non-hydrogen) atoms. The number of benzene rings is 1. The Hall–Kier alpha value is -2.90. The van der Waals surface area contributed by atoms with Crippen LogP contribution < -0.4 is 10.6 Å². The topological polar surface area (TPSA) is 97.5 Å². The highest BCUT2D eigenvalue weighted by Crippen LogP contribution is 2.43. The molecule has 2 amide bonds. The maximum absolute atomic E-state index is 13.3. The van der Waals surface area contributed by atoms with Gasteiger partial charge in [-0.1, -0.05) is 37.8 Å². The first-order valence-corrected chi connectivity index (χ1v) is 13.9. The maximum Gasteiger partial charge on any atom is 0.256 e. The minimum absolute atomic E-state index is 0.0803. The van der Waals surface area contributed by atoms with Crippen molar-refractivity contribution in [3.8, 4) is 0 Å². The molecule has 3 aliphatic rings. The van der Waals surface area contributed by atoms with E-state index in [-0.39, 0.29) is 18.4 Å². The number of aromatic amines is 1. The van der Waals surface area contributed by atoms with Crippen LogP contribution in [0.4, 0.5) is 5.69 Å². The average Bonchev–Trinajstić information content (AvgIpc) is 3.41. The Morgan fingerprint density at radius 2 is 1.95 bits per heavy atom. The smallest absolute Gasteiger partial charge is 0.256 e. The standard InChI is InChI=1S/C30H40N4O3/c1-4-34(20-9-6-5-7-10-20)17-21(35)16-31-29(36)26-19(3)32-28-22(26)11-8-12-23(28)27-24-15-18(2)13-14-25(24)33-30(27)37/h13-15,20-21,32,35H,4-12,16-17H2,1-3H3,(H,31,36)(H,33,37)/b27-23-. The fraction of sp³-hybridized carbons (Fsp3) is 0.533. The van der Waals surface area contributed by atoms with Crippen LogP contribution >= 0.6 is 0 Å². The molecule has 198 valence electrons. The number of carbonyl (C=O) groups is 2. The van der Waals surface area contributed by atoms with E-state index in [1.165, 1.54) is 32.1 Å². The number of allylic oxidation sites excluding steroid dienone is 1. The number of aliphatic hydroxyl groups excluding tert-OH is 1. The van der Waals surface area contributed by atoms with Crippen LogP contribution in [0.5, 0.6) is 0 Å². The number of carbonyl (C=O) groups excluding carboxylic acids is 2. The third-order valence-corrected chi connectivity index (χ3v) is 8.34. The van der Waals surface area contributed by atoms with Gasteiger partial charge >= 0.3 is 0 Å². The summed E-state index contributed by atoms with van der Waals surface area (Å²) in [5.41, 5.74) is 7.92. The second-order valence-corrected chi connectivity index (χ2v) is 10.9. The van der Waals surface area contributed by atoms with Crippen molar-refractivity contribution in [2.75, 3.05) is 25.0 Å². The molecule has 2 heterocycles. The number of anilines is 1. The van der Waals surface area contributed by atoms with E-state index in [0.29, 0.717) is 23.7 Å². The zero-order valence-electron chi connectivity index (χ0n) is 22.4. The normalized spacial score (nSPS) is 20.5. The Kier molecular flexibility index (Phi) is 7.54. The molecule has 1 fully saturated rings. The summed E-state index contributed by atoms with van der Waals surface area (Å²) in [6.07, 6.45) is 8.07. The van der Waals surface area contributed by atoms with Gasteiger partial charge in [0.15, 0.2) is 0 Å². The zero-order valence-corrected chi connectivity index (χ0v) is 22.4. The van der Waals surface area contributed by atoms with Gasteiger partial charge in [-0.3, -0.25) is 14.5 Å². The van der Waals surface area contributed by atoms with Crippen LogP contribution in [-0.4, -0.2) is 58.6 Å². The lowest BCUT2D eigenvalue weighted by molar-refractivity contribution is -0.110. The molecule has 1 unspecified atom stereocenters. The molecule has 2 aliphatic carbocycles. The number of likely N-dealkylation sites (N-methyl/N-ethyl adjacent to an activating group) is 1. The summed E-state index contributed by atoms with van der Waals surface area (Å²) >= 11 is 0. The molecule has 1 atom stereocenters. The van der Waals surface area contributed by atoms with Gasteiger partial charge in [-0.05, 0) is 75.8 Å². The van der Waals surface area contributed by atoms with E-state index >= 15 is 0 Å². The Balaban J connectivity index is 1.33. The highest BCUT2D eigenvalue weighted by molar-refractivity contribution is 6.37. The van der Waals surface area contributed by atoms with Crippen molar-refractivity contribution in [1.29, 1.82) is 0 Å². The van der Waals surface area contributed by atoms with Gasteiger partial charge in [0.1, 0.15) is 0 Å². The van der Waals surface area contributed by atoms with Gasteiger partial charge in [0, 0.05) is 41.8 Å². The number of fused-ring (bicyclic) bond motifs is 2. The van der Waals surface area contributed by atoms with Crippen molar-refractivity contribution >= 4 is 28.6 Å². The summed E-state index contributed by atoms with van der Waals surface area (Å²) in [6, 6.07) is 6.56. The third kappa shape index (κ3) is 5.12. The predicted molar refractivity (Wildman–Crippen MR) is 148 cm³/mol. The van der Waals surface area contributed by atoms with Crippen LogP contribution in [0.25, 0.3) is 11.1 Å². The zero-order chi connectivity index (χ0) is 26.1. The largest absolute Gasteiger partial charge is 0.390 e. The number of hydrogen-bond acceptors (Lipinski definition) is 4. The molecule has 2 aromatic rings. The minimum Gasteiger partial charge on any atom is -0.390 e. The van der Waals surface area contributed by atoms with Crippen molar-refractivity contribution in [3.63, 3.8) is 0 Å². The number of amides is 2. The Bertz CT molecular complexity index is 1220. The molecule has 0 spiro atoms. The molecule has 0 bridgehead atoms. The molecule has 4 N–H and O–H groups in total. The molecule has 7 nitrogen and oxygen atoms in total. The van der Waals surface area contributed by atoms with Crippen LogP contribution in [0.2, 0.25) is 0 Å². The van der Waals surface area contributed by atoms with E-state index in [4.69, 9.17) is 0 Å². The summed E-state index contributed by atoms with van der Waals surface area (Å²) in [5, 5.41) is 16.7. The lowest BCUT2D eigenvalue weighted by Crippen LogP contribution is -2.45. The first kappa shape index (κ1) is 25.7. The number of rotatable bonds is 7. The second kappa shape index (κ2) is 10.8. The number of H-pyrrole nitrogens is 1. The van der Waals surface area contributed by atoms with Gasteiger partial charge in [-0.15, -0.1) is 0 Å². The van der Waals surface area contributed by atoms with Crippen LogP contribution in [0.15, 0.2) is 18.2 Å². The minimum atomic E-state index is -0.611. The number of nitrogens with one attached hydrogen (secondary N) is 3. The molecular formula is C30H40N4O3. The number of aryl methyl sites for hydroxylation is 2. The van der Waals surface area contributed by atoms with Crippen LogP contribution in [0.1, 0.15) is 90.3 Å². The number of aromatic nitrogens is 1. The summed E-state index contributed by atoms with van der Waals surface area (Å²) < 4.78 is 0. The van der Waals surface area contributed by atoms with E-state index < -0.39 is 6.10 Å². The highest BCUT2D eigenvalue weighted by Gasteiger charge is 2.33. The van der Waals surface area contributed by atoms with Gasteiger partial charge in [-0.2, -0.15) is 0 Å². The van der Waals surface area contributed by atoms with Crippen molar-refractivity contribution in [2.24, 2.45) is 0 Å². The predicted octanol–water partition coefficient (Wildman–Crippen LogP) is 4.58. The quantitative estimate of drug-likeness (QED) is 0.415. The first-order valence-electron chi connectivity index (χ1n) is 13.9. The number of hydrogen-bond donors (Lipinski definition) is 4. The molecule has 1 aliphatic heterocycles. The summed E-state index contributed by atoms with van der Waals surface area (Å²) in [4.78, 5) is 32.1. The molecule has 5 rings (SSSR count). The van der Waals surface area contributed by atoms with Crippen molar-refractivity contribution in [2.45, 2.75) is 84.3 Å². The van der Waals surface area contributed by atoms with Gasteiger partial charge in [0.25, 0.3) is 11.8 Å². The van der Waals surface area contributed by atoms with E-state index in [0.717, 1.165) is 65.1 Å². The monoisotopic (exact) mass is 504 g/mol. The van der Waals surface area contributed by atoms with E-state index in [1.807, 2.05) is 26.0 Å². The molecular weight excluding hydrogens is 464 g/mol. The summed E-state index contributed by atoms with van der Waals surface area (Å²) in [7, 11) is 0.